The molecule has 0 fully saturated rings. The number of anilines is 1. The van der Waals surface area contributed by atoms with E-state index in [-0.39, 0.29) is 0 Å². The highest BCUT2D eigenvalue weighted by atomic mass is 32.2. The first-order chi connectivity index (χ1) is 14.2. The van der Waals surface area contributed by atoms with Gasteiger partial charge in [0.05, 0.1) is 10.7 Å². The van der Waals surface area contributed by atoms with E-state index in [0.717, 1.165) is 24.4 Å². The Morgan fingerprint density at radius 2 is 1.90 bits per heavy atom. The Morgan fingerprint density at radius 3 is 2.72 bits per heavy atom. The summed E-state index contributed by atoms with van der Waals surface area (Å²) in [6, 6.07) is 17.0. The highest BCUT2D eigenvalue weighted by molar-refractivity contribution is 8.03. The zero-order chi connectivity index (χ0) is 20.5. The molecule has 0 spiro atoms. The fourth-order valence-electron chi connectivity index (χ4n) is 3.03. The van der Waals surface area contributed by atoms with Crippen LogP contribution >= 0.6 is 23.5 Å². The van der Waals surface area contributed by atoms with E-state index >= 15 is 0 Å². The van der Waals surface area contributed by atoms with Gasteiger partial charge in [-0.15, -0.1) is 0 Å². The lowest BCUT2D eigenvalue weighted by Gasteiger charge is -2.20. The van der Waals surface area contributed by atoms with Crippen molar-refractivity contribution in [1.82, 2.24) is 5.32 Å². The van der Waals surface area contributed by atoms with Gasteiger partial charge in [-0.05, 0) is 62.9 Å². The summed E-state index contributed by atoms with van der Waals surface area (Å²) in [5.41, 5.74) is 2.59. The highest BCUT2D eigenvalue weighted by Crippen LogP contribution is 2.45. The van der Waals surface area contributed by atoms with Crippen LogP contribution in [0.25, 0.3) is 0 Å². The van der Waals surface area contributed by atoms with E-state index in [4.69, 9.17) is 0 Å². The lowest BCUT2D eigenvalue weighted by Crippen LogP contribution is -2.22. The molecule has 0 bridgehead atoms. The predicted octanol–water partition coefficient (Wildman–Crippen LogP) is 6.78. The van der Waals surface area contributed by atoms with Gasteiger partial charge in [0.1, 0.15) is 0 Å². The molecule has 2 aromatic carbocycles. The molecule has 3 rings (SSSR count). The minimum Gasteiger partial charge on any atom is -0.335 e. The van der Waals surface area contributed by atoms with Crippen LogP contribution in [0.15, 0.2) is 105 Å². The average molecular weight is 421 g/mol. The van der Waals surface area contributed by atoms with E-state index in [2.05, 4.69) is 103 Å². The zero-order valence-electron chi connectivity index (χ0n) is 17.1. The third kappa shape index (κ3) is 6.17. The molecule has 0 saturated heterocycles. The first-order valence-corrected chi connectivity index (χ1v) is 11.5. The van der Waals surface area contributed by atoms with Gasteiger partial charge in [0, 0.05) is 21.2 Å². The number of rotatable bonds is 9. The molecule has 0 aromatic heterocycles. The van der Waals surface area contributed by atoms with Gasteiger partial charge in [-0.3, -0.25) is 0 Å². The number of aryl methyl sites for hydroxylation is 1. The minimum absolute atomic E-state index is 1.02. The maximum atomic E-state index is 4.16. The standard InChI is InChI=1S/C25H28N2S2/c1-20-12-7-9-15-23(20)28-21(2)13-5-4-6-17-25-27(19-11-18-26-3)22-14-8-10-16-24(22)29-25/h4-10,12-17,26H,2,11,18-19H2,1,3H3/b6-4+,13-5+,25-17-. The Hall–Kier alpha value is -2.14. The molecule has 0 aliphatic carbocycles. The molecule has 1 aliphatic rings. The number of nitrogens with zero attached hydrogens (tertiary/aromatic N) is 1. The molecule has 29 heavy (non-hydrogen) atoms. The molecule has 2 nitrogen and oxygen atoms in total. The number of hydrogen-bond acceptors (Lipinski definition) is 4. The number of fused-ring (bicyclic) bond motifs is 1. The summed E-state index contributed by atoms with van der Waals surface area (Å²) in [7, 11) is 2.00. The number of allylic oxidation sites excluding steroid dienone is 5. The maximum Gasteiger partial charge on any atom is 0.0801 e. The van der Waals surface area contributed by atoms with E-state index in [1.807, 2.05) is 18.8 Å². The summed E-state index contributed by atoms with van der Waals surface area (Å²) in [4.78, 5) is 6.03. The summed E-state index contributed by atoms with van der Waals surface area (Å²) in [5.74, 6) is 0. The lowest BCUT2D eigenvalue weighted by atomic mass is 10.2. The zero-order valence-corrected chi connectivity index (χ0v) is 18.7. The smallest absolute Gasteiger partial charge is 0.0801 e. The van der Waals surface area contributed by atoms with Crippen molar-refractivity contribution in [2.75, 3.05) is 25.0 Å². The van der Waals surface area contributed by atoms with E-state index in [1.54, 1.807) is 11.8 Å². The molecule has 1 heterocycles. The van der Waals surface area contributed by atoms with Crippen LogP contribution in [0, 0.1) is 6.92 Å². The van der Waals surface area contributed by atoms with Gasteiger partial charge >= 0.3 is 0 Å². The van der Waals surface area contributed by atoms with Crippen molar-refractivity contribution in [3.05, 3.63) is 101 Å². The molecule has 2 aromatic rings. The Kier molecular flexibility index (Phi) is 8.29. The maximum absolute atomic E-state index is 4.16. The Balaban J connectivity index is 1.60. The van der Waals surface area contributed by atoms with Crippen LogP contribution in [0.1, 0.15) is 12.0 Å². The SMILES string of the molecule is C=C(/C=C/C=C/C=C1\Sc2ccccc2N1CCCNC)Sc1ccccc1C. The van der Waals surface area contributed by atoms with Crippen LogP contribution in [0.4, 0.5) is 5.69 Å². The molecule has 0 saturated carbocycles. The van der Waals surface area contributed by atoms with Gasteiger partial charge in [-0.2, -0.15) is 0 Å². The topological polar surface area (TPSA) is 15.3 Å². The van der Waals surface area contributed by atoms with E-state index in [9.17, 15) is 0 Å². The van der Waals surface area contributed by atoms with Gasteiger partial charge in [-0.1, -0.05) is 78.7 Å². The van der Waals surface area contributed by atoms with Crippen molar-refractivity contribution in [3.63, 3.8) is 0 Å². The molecule has 1 N–H and O–H groups in total. The van der Waals surface area contributed by atoms with Crippen LogP contribution in [-0.4, -0.2) is 20.1 Å². The second kappa shape index (κ2) is 11.1. The Bertz CT molecular complexity index is 928. The summed E-state index contributed by atoms with van der Waals surface area (Å²) in [6.45, 7) is 8.33. The van der Waals surface area contributed by atoms with E-state index < -0.39 is 0 Å². The number of para-hydroxylation sites is 1. The monoisotopic (exact) mass is 420 g/mol. The molecule has 0 radical (unpaired) electrons. The van der Waals surface area contributed by atoms with Crippen molar-refractivity contribution in [2.45, 2.75) is 23.1 Å². The number of thioether (sulfide) groups is 2. The van der Waals surface area contributed by atoms with Crippen molar-refractivity contribution >= 4 is 29.2 Å². The molecule has 0 atom stereocenters. The van der Waals surface area contributed by atoms with Crippen molar-refractivity contribution in [2.24, 2.45) is 0 Å². The molecule has 150 valence electrons. The van der Waals surface area contributed by atoms with Crippen molar-refractivity contribution in [1.29, 1.82) is 0 Å². The second-order valence-electron chi connectivity index (χ2n) is 6.76. The second-order valence-corrected chi connectivity index (χ2v) is 8.99. The summed E-state index contributed by atoms with van der Waals surface area (Å²) in [6.07, 6.45) is 11.6. The third-order valence-electron chi connectivity index (χ3n) is 4.52. The van der Waals surface area contributed by atoms with Gasteiger partial charge < -0.3 is 10.2 Å². The summed E-state index contributed by atoms with van der Waals surface area (Å²) in [5, 5.41) is 4.51. The van der Waals surface area contributed by atoms with Crippen LogP contribution in [0.5, 0.6) is 0 Å². The Labute approximate surface area is 183 Å². The number of nitrogens with one attached hydrogen (secondary N) is 1. The summed E-state index contributed by atoms with van der Waals surface area (Å²) < 4.78 is 0. The van der Waals surface area contributed by atoms with Crippen LogP contribution < -0.4 is 10.2 Å². The van der Waals surface area contributed by atoms with Crippen LogP contribution in [-0.2, 0) is 0 Å². The van der Waals surface area contributed by atoms with Gasteiger partial charge in [0.25, 0.3) is 0 Å². The number of hydrogen-bond donors (Lipinski definition) is 1. The van der Waals surface area contributed by atoms with Crippen molar-refractivity contribution in [3.8, 4) is 0 Å². The highest BCUT2D eigenvalue weighted by Gasteiger charge is 2.23. The minimum atomic E-state index is 1.02. The average Bonchev–Trinajstić information content (AvgIpc) is 3.07. The first-order valence-electron chi connectivity index (χ1n) is 9.85. The number of benzene rings is 2. The summed E-state index contributed by atoms with van der Waals surface area (Å²) >= 11 is 3.55. The van der Waals surface area contributed by atoms with Crippen LogP contribution in [0.2, 0.25) is 0 Å². The predicted molar refractivity (Wildman–Crippen MR) is 131 cm³/mol. The van der Waals surface area contributed by atoms with Crippen LogP contribution in [0.3, 0.4) is 0 Å². The van der Waals surface area contributed by atoms with E-state index in [1.165, 1.54) is 26.1 Å². The van der Waals surface area contributed by atoms with E-state index in [0.29, 0.717) is 0 Å². The van der Waals surface area contributed by atoms with Gasteiger partial charge in [0.2, 0.25) is 0 Å². The van der Waals surface area contributed by atoms with Crippen molar-refractivity contribution < 1.29 is 0 Å². The van der Waals surface area contributed by atoms with Gasteiger partial charge in [-0.25, -0.2) is 0 Å². The molecule has 4 heteroatoms. The quantitative estimate of drug-likeness (QED) is 0.273. The largest absolute Gasteiger partial charge is 0.335 e. The molecular formula is C25H28N2S2. The molecule has 0 amide bonds. The first kappa shape index (κ1) is 21.6. The van der Waals surface area contributed by atoms with Gasteiger partial charge in [0.15, 0.2) is 0 Å². The fraction of sp³-hybridized carbons (Fsp3) is 0.200. The molecule has 0 unspecified atom stereocenters. The molecule has 1 aliphatic heterocycles. The third-order valence-corrected chi connectivity index (χ3v) is 6.73. The normalized spacial score (nSPS) is 15.0. The fourth-order valence-corrected chi connectivity index (χ4v) is 4.94. The Morgan fingerprint density at radius 1 is 1.10 bits per heavy atom. The lowest BCUT2D eigenvalue weighted by molar-refractivity contribution is 0.720. The molecular weight excluding hydrogens is 392 g/mol.